The molecular weight excluding hydrogens is 516 g/mol. The minimum absolute atomic E-state index is 0.0756. The summed E-state index contributed by atoms with van der Waals surface area (Å²) in [5, 5.41) is 60.7. The Bertz CT molecular complexity index is 1190. The van der Waals surface area contributed by atoms with E-state index in [-0.39, 0.29) is 23.1 Å². The first-order valence-corrected chi connectivity index (χ1v) is 12.1. The number of aliphatic hydroxyl groups excluding tert-OH is 5. The third-order valence-electron chi connectivity index (χ3n) is 6.56. The number of nitrogens with zero attached hydrogens (tertiary/aromatic N) is 1. The van der Waals surface area contributed by atoms with E-state index in [0.717, 1.165) is 6.08 Å². The minimum Gasteiger partial charge on any atom is -0.455 e. The van der Waals surface area contributed by atoms with E-state index in [1.165, 1.54) is 30.6 Å². The molecule has 13 heteroatoms. The lowest BCUT2D eigenvalue weighted by Gasteiger charge is -2.44. The van der Waals surface area contributed by atoms with E-state index in [2.05, 4.69) is 4.98 Å². The first kappa shape index (κ1) is 28.4. The number of benzene rings is 1. The zero-order valence-electron chi connectivity index (χ0n) is 20.4. The fourth-order valence-corrected chi connectivity index (χ4v) is 4.47. The van der Waals surface area contributed by atoms with E-state index in [0.29, 0.717) is 0 Å². The molecular formula is C26H28N2O11. The van der Waals surface area contributed by atoms with Crippen molar-refractivity contribution >= 4 is 11.9 Å². The summed E-state index contributed by atoms with van der Waals surface area (Å²) in [5.74, 6) is -1.61. The molecule has 1 saturated heterocycles. The second-order valence-corrected chi connectivity index (χ2v) is 9.06. The van der Waals surface area contributed by atoms with Crippen LogP contribution in [0.5, 0.6) is 0 Å². The topological polar surface area (TPSA) is 212 Å². The Morgan fingerprint density at radius 1 is 1.03 bits per heavy atom. The highest BCUT2D eigenvalue weighted by molar-refractivity contribution is 5.90. The van der Waals surface area contributed by atoms with Crippen LogP contribution in [0.3, 0.4) is 0 Å². The molecule has 1 aliphatic carbocycles. The molecule has 0 spiro atoms. The average Bonchev–Trinajstić information content (AvgIpc) is 3.49. The number of aromatic amines is 1. The quantitative estimate of drug-likeness (QED) is 0.186. The Hall–Kier alpha value is -3.61. The number of hydrogen-bond acceptors (Lipinski definition) is 12. The number of carbonyl (C=O) groups is 2. The lowest BCUT2D eigenvalue weighted by atomic mass is 9.84. The van der Waals surface area contributed by atoms with Gasteiger partial charge in [-0.3, -0.25) is 0 Å². The van der Waals surface area contributed by atoms with Crippen LogP contribution in [-0.4, -0.2) is 104 Å². The molecule has 0 radical (unpaired) electrons. The summed E-state index contributed by atoms with van der Waals surface area (Å²) in [7, 11) is 0. The first-order valence-electron chi connectivity index (χ1n) is 12.1. The van der Waals surface area contributed by atoms with E-state index >= 15 is 0 Å². The number of ether oxygens (including phenoxy) is 4. The van der Waals surface area contributed by atoms with Crippen molar-refractivity contribution in [3.8, 4) is 6.07 Å². The number of nitrogens with one attached hydrogen (secondary N) is 1. The molecule has 2 aromatic rings. The second-order valence-electron chi connectivity index (χ2n) is 9.06. The normalized spacial score (nSPS) is 33.7. The molecule has 208 valence electrons. The summed E-state index contributed by atoms with van der Waals surface area (Å²) in [6, 6.07) is 11.2. The van der Waals surface area contributed by atoms with Crippen LogP contribution < -0.4 is 0 Å². The van der Waals surface area contributed by atoms with Gasteiger partial charge in [-0.2, -0.15) is 5.26 Å². The molecule has 2 heterocycles. The maximum absolute atomic E-state index is 12.9. The van der Waals surface area contributed by atoms with Crippen LogP contribution in [0.2, 0.25) is 0 Å². The van der Waals surface area contributed by atoms with Gasteiger partial charge in [0.1, 0.15) is 36.6 Å². The number of aliphatic hydroxyl groups is 5. The lowest BCUT2D eigenvalue weighted by molar-refractivity contribution is -0.312. The summed E-state index contributed by atoms with van der Waals surface area (Å²) < 4.78 is 22.3. The number of hydrogen-bond donors (Lipinski definition) is 6. The molecule has 9 atom stereocenters. The third kappa shape index (κ3) is 6.18. The van der Waals surface area contributed by atoms with Crippen molar-refractivity contribution in [2.24, 2.45) is 0 Å². The number of H-pyrrole nitrogens is 1. The Balaban J connectivity index is 1.62. The maximum Gasteiger partial charge on any atom is 0.340 e. The van der Waals surface area contributed by atoms with Crippen molar-refractivity contribution in [3.63, 3.8) is 0 Å². The summed E-state index contributed by atoms with van der Waals surface area (Å²) in [6.07, 6.45) is -10.1. The summed E-state index contributed by atoms with van der Waals surface area (Å²) >= 11 is 0. The maximum atomic E-state index is 12.9. The fourth-order valence-electron chi connectivity index (χ4n) is 4.47. The smallest absolute Gasteiger partial charge is 0.340 e. The fraction of sp³-hybridized carbons (Fsp3) is 0.423. The van der Waals surface area contributed by atoms with Gasteiger partial charge in [-0.05, 0) is 18.2 Å². The van der Waals surface area contributed by atoms with Gasteiger partial charge in [-0.25, -0.2) is 9.59 Å². The molecule has 0 amide bonds. The Kier molecular flexibility index (Phi) is 9.10. The highest BCUT2D eigenvalue weighted by Gasteiger charge is 2.50. The number of nitriles is 1. The predicted molar refractivity (Wildman–Crippen MR) is 129 cm³/mol. The van der Waals surface area contributed by atoms with Gasteiger partial charge in [-0.15, -0.1) is 0 Å². The van der Waals surface area contributed by atoms with Crippen LogP contribution in [0.25, 0.3) is 0 Å². The largest absolute Gasteiger partial charge is 0.455 e. The summed E-state index contributed by atoms with van der Waals surface area (Å²) in [4.78, 5) is 28.3. The number of aromatic nitrogens is 1. The number of rotatable bonds is 7. The molecule has 1 saturated carbocycles. The van der Waals surface area contributed by atoms with Crippen molar-refractivity contribution in [2.45, 2.75) is 61.5 Å². The molecule has 4 rings (SSSR count). The van der Waals surface area contributed by atoms with Crippen LogP contribution in [0, 0.1) is 11.3 Å². The Morgan fingerprint density at radius 3 is 2.38 bits per heavy atom. The van der Waals surface area contributed by atoms with Gasteiger partial charge in [0.05, 0.1) is 29.9 Å². The highest BCUT2D eigenvalue weighted by atomic mass is 16.7. The van der Waals surface area contributed by atoms with Gasteiger partial charge in [-0.1, -0.05) is 18.2 Å². The third-order valence-corrected chi connectivity index (χ3v) is 6.56. The van der Waals surface area contributed by atoms with Gasteiger partial charge < -0.3 is 49.5 Å². The van der Waals surface area contributed by atoms with Gasteiger partial charge in [0, 0.05) is 30.5 Å². The van der Waals surface area contributed by atoms with Gasteiger partial charge in [0.15, 0.2) is 12.4 Å². The molecule has 2 fully saturated rings. The summed E-state index contributed by atoms with van der Waals surface area (Å²) in [6.45, 7) is -0.701. The van der Waals surface area contributed by atoms with E-state index in [4.69, 9.17) is 18.9 Å². The van der Waals surface area contributed by atoms with Crippen LogP contribution in [0.15, 0.2) is 60.4 Å². The van der Waals surface area contributed by atoms with E-state index in [9.17, 15) is 40.4 Å². The Labute approximate surface area is 222 Å². The molecule has 2 aliphatic rings. The molecule has 0 unspecified atom stereocenters. The van der Waals surface area contributed by atoms with Crippen LogP contribution in [0.4, 0.5) is 0 Å². The van der Waals surface area contributed by atoms with E-state index in [1.807, 2.05) is 0 Å². The first-order chi connectivity index (χ1) is 18.7. The predicted octanol–water partition coefficient (Wildman–Crippen LogP) is -0.835. The summed E-state index contributed by atoms with van der Waals surface area (Å²) in [5.41, 5.74) is 0.252. The molecule has 6 N–H and O–H groups in total. The van der Waals surface area contributed by atoms with Crippen molar-refractivity contribution < 1.29 is 54.1 Å². The molecule has 0 bridgehead atoms. The van der Waals surface area contributed by atoms with Gasteiger partial charge in [0.2, 0.25) is 0 Å². The van der Waals surface area contributed by atoms with E-state index < -0.39 is 73.7 Å². The Morgan fingerprint density at radius 2 is 1.74 bits per heavy atom. The standard InChI is InChI=1S/C26H28N2O11/c27-8-6-15-16(37-26-22(33)21(32)20(31)18(12-29)38-26)10-17(36-24(34)13-4-2-1-3-5-13)23(19(15)30)39-25(35)14-7-9-28-11-14/h1-7,9,11,16-23,26,28-33H,10,12H2/b15-6+/t16-,17+,18-,19-,20-,21+,22-,23+,26-/m1/s1. The van der Waals surface area contributed by atoms with Crippen molar-refractivity contribution in [3.05, 3.63) is 71.6 Å². The average molecular weight is 545 g/mol. The number of allylic oxidation sites excluding steroid dienone is 1. The molecule has 1 aromatic carbocycles. The second kappa shape index (κ2) is 12.5. The lowest BCUT2D eigenvalue weighted by Crippen LogP contribution is -2.61. The van der Waals surface area contributed by atoms with E-state index in [1.54, 1.807) is 24.3 Å². The van der Waals surface area contributed by atoms with Crippen LogP contribution in [-0.2, 0) is 18.9 Å². The minimum atomic E-state index is -1.77. The zero-order valence-corrected chi connectivity index (χ0v) is 20.4. The number of carbonyl (C=O) groups excluding carboxylic acids is 2. The number of esters is 2. The van der Waals surface area contributed by atoms with Crippen LogP contribution in [0.1, 0.15) is 27.1 Å². The SMILES string of the molecule is N#C/C=C1/[C@@H](O)[C@@H](OC(=O)c2cc[nH]c2)[C@@H](OC(=O)c2ccccc2)C[C@H]1O[C@@H]1O[C@H](CO)[C@@H](O)[C@H](O)[C@H]1O. The molecule has 39 heavy (non-hydrogen) atoms. The van der Waals surface area contributed by atoms with Crippen molar-refractivity contribution in [2.75, 3.05) is 6.61 Å². The molecule has 1 aromatic heterocycles. The zero-order chi connectivity index (χ0) is 28.1. The van der Waals surface area contributed by atoms with Gasteiger partial charge >= 0.3 is 11.9 Å². The van der Waals surface area contributed by atoms with Crippen LogP contribution >= 0.6 is 0 Å². The molecule has 13 nitrogen and oxygen atoms in total. The highest BCUT2D eigenvalue weighted by Crippen LogP contribution is 2.35. The van der Waals surface area contributed by atoms with Gasteiger partial charge in [0.25, 0.3) is 0 Å². The monoisotopic (exact) mass is 544 g/mol. The molecule has 1 aliphatic heterocycles. The van der Waals surface area contributed by atoms with Crippen molar-refractivity contribution in [1.29, 1.82) is 5.26 Å². The van der Waals surface area contributed by atoms with Crippen molar-refractivity contribution in [1.82, 2.24) is 4.98 Å².